The van der Waals surface area contributed by atoms with Gasteiger partial charge in [-0.05, 0) is 19.4 Å². The van der Waals surface area contributed by atoms with Gasteiger partial charge < -0.3 is 0 Å². The van der Waals surface area contributed by atoms with E-state index in [1.807, 2.05) is 13.8 Å². The summed E-state index contributed by atoms with van der Waals surface area (Å²) < 4.78 is 0. The van der Waals surface area contributed by atoms with E-state index < -0.39 is 0 Å². The highest BCUT2D eigenvalue weighted by molar-refractivity contribution is 5.99. The molecular weight excluding hydrogens is 164 g/mol. The van der Waals surface area contributed by atoms with Crippen molar-refractivity contribution in [3.63, 3.8) is 0 Å². The van der Waals surface area contributed by atoms with Gasteiger partial charge in [-0.2, -0.15) is 0 Å². The lowest BCUT2D eigenvalue weighted by molar-refractivity contribution is -0.117. The molecule has 0 unspecified atom stereocenters. The third-order valence-electron chi connectivity index (χ3n) is 2.56. The van der Waals surface area contributed by atoms with Crippen LogP contribution >= 0.6 is 0 Å². The van der Waals surface area contributed by atoms with Gasteiger partial charge in [-0.25, -0.2) is 4.98 Å². The second-order valence-corrected chi connectivity index (χ2v) is 3.50. The number of amides is 1. The molecule has 68 valence electrons. The minimum atomic E-state index is 0.132. The summed E-state index contributed by atoms with van der Waals surface area (Å²) in [5, 5.41) is 0. The van der Waals surface area contributed by atoms with Gasteiger partial charge in [0.2, 0.25) is 5.91 Å². The average Bonchev–Trinajstić information content (AvgIpc) is 2.32. The van der Waals surface area contributed by atoms with Gasteiger partial charge in [-0.15, -0.1) is 0 Å². The Morgan fingerprint density at radius 2 is 2.15 bits per heavy atom. The average molecular weight is 176 g/mol. The topological polar surface area (TPSA) is 33.2 Å². The zero-order chi connectivity index (χ0) is 9.59. The van der Waals surface area contributed by atoms with Crippen molar-refractivity contribution in [3.8, 4) is 0 Å². The van der Waals surface area contributed by atoms with E-state index in [0.717, 1.165) is 22.6 Å². The van der Waals surface area contributed by atoms with Crippen LogP contribution in [0.1, 0.15) is 16.8 Å². The fraction of sp³-hybridized carbons (Fsp3) is 0.400. The third-order valence-corrected chi connectivity index (χ3v) is 2.56. The zero-order valence-electron chi connectivity index (χ0n) is 8.09. The Morgan fingerprint density at radius 1 is 1.46 bits per heavy atom. The summed E-state index contributed by atoms with van der Waals surface area (Å²) in [6.45, 7) is 3.98. The van der Waals surface area contributed by atoms with Crippen molar-refractivity contribution < 1.29 is 4.79 Å². The summed E-state index contributed by atoms with van der Waals surface area (Å²) in [6.07, 6.45) is 0.500. The van der Waals surface area contributed by atoms with E-state index in [0.29, 0.717) is 6.42 Å². The predicted octanol–water partition coefficient (Wildman–Crippen LogP) is 1.22. The maximum Gasteiger partial charge on any atom is 0.232 e. The van der Waals surface area contributed by atoms with Crippen LogP contribution in [0.5, 0.6) is 0 Å². The highest BCUT2D eigenvalue weighted by Crippen LogP contribution is 2.26. The molecule has 3 nitrogen and oxygen atoms in total. The highest BCUT2D eigenvalue weighted by Gasteiger charge is 2.25. The SMILES string of the molecule is Cc1cc2c(nc1C)N(C)C(=O)C2. The Kier molecular flexibility index (Phi) is 1.62. The molecule has 0 atom stereocenters. The Bertz CT molecular complexity index is 385. The zero-order valence-corrected chi connectivity index (χ0v) is 8.09. The van der Waals surface area contributed by atoms with Gasteiger partial charge in [0.05, 0.1) is 6.42 Å². The van der Waals surface area contributed by atoms with Crippen molar-refractivity contribution in [2.75, 3.05) is 11.9 Å². The largest absolute Gasteiger partial charge is 0.299 e. The number of hydrogen-bond acceptors (Lipinski definition) is 2. The second kappa shape index (κ2) is 2.55. The first kappa shape index (κ1) is 8.23. The molecule has 1 aliphatic rings. The van der Waals surface area contributed by atoms with Crippen LogP contribution < -0.4 is 4.90 Å². The van der Waals surface area contributed by atoms with Gasteiger partial charge in [-0.3, -0.25) is 9.69 Å². The quantitative estimate of drug-likeness (QED) is 0.595. The molecule has 3 heteroatoms. The van der Waals surface area contributed by atoms with Gasteiger partial charge in [0.15, 0.2) is 0 Å². The molecule has 1 amide bonds. The van der Waals surface area contributed by atoms with Crippen LogP contribution in [-0.4, -0.2) is 17.9 Å². The molecule has 2 rings (SSSR count). The van der Waals surface area contributed by atoms with E-state index >= 15 is 0 Å². The normalized spacial score (nSPS) is 15.0. The summed E-state index contributed by atoms with van der Waals surface area (Å²) >= 11 is 0. The summed E-state index contributed by atoms with van der Waals surface area (Å²) in [5.74, 6) is 0.959. The smallest absolute Gasteiger partial charge is 0.232 e. The first-order valence-corrected chi connectivity index (χ1v) is 4.33. The van der Waals surface area contributed by atoms with Crippen LogP contribution in [0.3, 0.4) is 0 Å². The van der Waals surface area contributed by atoms with E-state index in [2.05, 4.69) is 11.1 Å². The Morgan fingerprint density at radius 3 is 2.85 bits per heavy atom. The molecule has 0 fully saturated rings. The molecule has 0 aromatic carbocycles. The van der Waals surface area contributed by atoms with Gasteiger partial charge >= 0.3 is 0 Å². The third kappa shape index (κ3) is 1.11. The van der Waals surface area contributed by atoms with E-state index in [-0.39, 0.29) is 5.91 Å². The molecule has 1 aromatic heterocycles. The Hall–Kier alpha value is -1.38. The molecule has 1 aromatic rings. The molecule has 0 N–H and O–H groups in total. The van der Waals surface area contributed by atoms with Gasteiger partial charge in [0.1, 0.15) is 5.82 Å². The number of aryl methyl sites for hydroxylation is 2. The van der Waals surface area contributed by atoms with Gasteiger partial charge in [0.25, 0.3) is 0 Å². The molecule has 0 bridgehead atoms. The van der Waals surface area contributed by atoms with E-state index in [1.54, 1.807) is 11.9 Å². The molecule has 0 aliphatic carbocycles. The van der Waals surface area contributed by atoms with Crippen molar-refractivity contribution >= 4 is 11.7 Å². The van der Waals surface area contributed by atoms with Crippen LogP contribution in [0.15, 0.2) is 6.07 Å². The van der Waals surface area contributed by atoms with Crippen molar-refractivity contribution in [2.45, 2.75) is 20.3 Å². The molecule has 0 saturated carbocycles. The number of hydrogen-bond donors (Lipinski definition) is 0. The number of aromatic nitrogens is 1. The lowest BCUT2D eigenvalue weighted by Crippen LogP contribution is -2.21. The number of carbonyl (C=O) groups excluding carboxylic acids is 1. The van der Waals surface area contributed by atoms with Crippen LogP contribution in [0.4, 0.5) is 5.82 Å². The van der Waals surface area contributed by atoms with Crippen LogP contribution in [0.2, 0.25) is 0 Å². The number of pyridine rings is 1. The number of rotatable bonds is 0. The Labute approximate surface area is 77.4 Å². The Balaban J connectivity index is 2.59. The van der Waals surface area contributed by atoms with Crippen LogP contribution in [0, 0.1) is 13.8 Å². The summed E-state index contributed by atoms with van der Waals surface area (Å²) in [5.41, 5.74) is 3.21. The molecule has 0 spiro atoms. The number of likely N-dealkylation sites (N-methyl/N-ethyl adjacent to an activating group) is 1. The van der Waals surface area contributed by atoms with E-state index in [4.69, 9.17) is 0 Å². The fourth-order valence-corrected chi connectivity index (χ4v) is 1.57. The van der Waals surface area contributed by atoms with E-state index in [9.17, 15) is 4.79 Å². The standard InChI is InChI=1S/C10H12N2O/c1-6-4-8-5-9(13)12(3)10(8)11-7(6)2/h4H,5H2,1-3H3. The number of anilines is 1. The number of nitrogens with zero attached hydrogens (tertiary/aromatic N) is 2. The van der Waals surface area contributed by atoms with Crippen LogP contribution in [-0.2, 0) is 11.2 Å². The first-order chi connectivity index (χ1) is 6.09. The molecular formula is C10H12N2O. The monoisotopic (exact) mass is 176 g/mol. The lowest BCUT2D eigenvalue weighted by atomic mass is 10.1. The van der Waals surface area contributed by atoms with Crippen molar-refractivity contribution in [1.82, 2.24) is 4.98 Å². The van der Waals surface area contributed by atoms with Gasteiger partial charge in [0, 0.05) is 18.3 Å². The lowest BCUT2D eigenvalue weighted by Gasteiger charge is -2.10. The minimum Gasteiger partial charge on any atom is -0.299 e. The molecule has 1 aliphatic heterocycles. The van der Waals surface area contributed by atoms with Gasteiger partial charge in [-0.1, -0.05) is 6.07 Å². The summed E-state index contributed by atoms with van der Waals surface area (Å²) in [4.78, 5) is 17.4. The minimum absolute atomic E-state index is 0.132. The molecule has 2 heterocycles. The predicted molar refractivity (Wildman–Crippen MR) is 50.8 cm³/mol. The van der Waals surface area contributed by atoms with E-state index in [1.165, 1.54) is 0 Å². The van der Waals surface area contributed by atoms with Crippen molar-refractivity contribution in [1.29, 1.82) is 0 Å². The fourth-order valence-electron chi connectivity index (χ4n) is 1.57. The van der Waals surface area contributed by atoms with Crippen molar-refractivity contribution in [2.24, 2.45) is 0 Å². The molecule has 13 heavy (non-hydrogen) atoms. The molecule has 0 radical (unpaired) electrons. The van der Waals surface area contributed by atoms with Crippen molar-refractivity contribution in [3.05, 3.63) is 22.9 Å². The highest BCUT2D eigenvalue weighted by atomic mass is 16.2. The molecule has 0 saturated heterocycles. The maximum atomic E-state index is 11.3. The second-order valence-electron chi connectivity index (χ2n) is 3.50. The number of fused-ring (bicyclic) bond motifs is 1. The first-order valence-electron chi connectivity index (χ1n) is 4.33. The number of carbonyl (C=O) groups is 1. The summed E-state index contributed by atoms with van der Waals surface area (Å²) in [7, 11) is 1.77. The van der Waals surface area contributed by atoms with Crippen LogP contribution in [0.25, 0.3) is 0 Å². The maximum absolute atomic E-state index is 11.3. The summed E-state index contributed by atoms with van der Waals surface area (Å²) in [6, 6.07) is 2.05.